The van der Waals surface area contributed by atoms with Gasteiger partial charge >= 0.3 is 0 Å². The van der Waals surface area contributed by atoms with Gasteiger partial charge in [-0.1, -0.05) is 0 Å². The van der Waals surface area contributed by atoms with E-state index in [0.717, 1.165) is 25.1 Å². The molecule has 1 aliphatic rings. The summed E-state index contributed by atoms with van der Waals surface area (Å²) < 4.78 is 16.2. The molecule has 23 heavy (non-hydrogen) atoms. The van der Waals surface area contributed by atoms with Crippen LogP contribution < -0.4 is 11.1 Å². The summed E-state index contributed by atoms with van der Waals surface area (Å²) in [4.78, 5) is 12.8. The van der Waals surface area contributed by atoms with Crippen LogP contribution in [0.1, 0.15) is 45.0 Å². The van der Waals surface area contributed by atoms with E-state index in [-0.39, 0.29) is 23.8 Å². The standard InChI is InChI=1S/C16H23FN6/c1-9(2)23-10(3)19-8-14(23)15-13(17)7-20-16(22-15)21-12-5-4-11(18)6-12/h7-9,11-12H,4-6,18H2,1-3H3,(H,20,21,22)/t11-,12+/m0/s1. The summed E-state index contributed by atoms with van der Waals surface area (Å²) in [6.07, 6.45) is 5.74. The van der Waals surface area contributed by atoms with Gasteiger partial charge in [-0.05, 0) is 40.0 Å². The molecule has 2 atom stereocenters. The van der Waals surface area contributed by atoms with E-state index in [2.05, 4.69) is 20.3 Å². The summed E-state index contributed by atoms with van der Waals surface area (Å²) in [6.45, 7) is 5.98. The molecule has 0 bridgehead atoms. The van der Waals surface area contributed by atoms with Gasteiger partial charge in [0, 0.05) is 18.1 Å². The maximum Gasteiger partial charge on any atom is 0.223 e. The number of halogens is 1. The third-order valence-corrected chi connectivity index (χ3v) is 4.29. The minimum Gasteiger partial charge on any atom is -0.351 e. The number of nitrogens with two attached hydrogens (primary N) is 1. The second-order valence-electron chi connectivity index (χ2n) is 6.46. The van der Waals surface area contributed by atoms with Crippen molar-refractivity contribution in [3.63, 3.8) is 0 Å². The normalized spacial score (nSPS) is 21.1. The summed E-state index contributed by atoms with van der Waals surface area (Å²) in [5.74, 6) is 0.833. The fourth-order valence-corrected chi connectivity index (χ4v) is 3.23. The number of nitrogens with one attached hydrogen (secondary N) is 1. The van der Waals surface area contributed by atoms with E-state index < -0.39 is 5.82 Å². The van der Waals surface area contributed by atoms with Crippen LogP contribution in [0.5, 0.6) is 0 Å². The fourth-order valence-electron chi connectivity index (χ4n) is 3.23. The van der Waals surface area contributed by atoms with Crippen LogP contribution in [0.2, 0.25) is 0 Å². The van der Waals surface area contributed by atoms with E-state index in [1.54, 1.807) is 6.20 Å². The third-order valence-electron chi connectivity index (χ3n) is 4.29. The van der Waals surface area contributed by atoms with Crippen molar-refractivity contribution in [2.45, 2.75) is 58.2 Å². The molecule has 3 rings (SSSR count). The number of hydrogen-bond acceptors (Lipinski definition) is 5. The molecular formula is C16H23FN6. The zero-order valence-electron chi connectivity index (χ0n) is 13.8. The van der Waals surface area contributed by atoms with Crippen LogP contribution in [0.15, 0.2) is 12.4 Å². The third kappa shape index (κ3) is 3.19. The molecule has 0 aliphatic heterocycles. The Labute approximate surface area is 135 Å². The molecule has 0 unspecified atom stereocenters. The Morgan fingerprint density at radius 3 is 2.74 bits per heavy atom. The topological polar surface area (TPSA) is 81.7 Å². The molecule has 2 aromatic rings. The van der Waals surface area contributed by atoms with Crippen molar-refractivity contribution in [1.82, 2.24) is 19.5 Å². The van der Waals surface area contributed by atoms with Crippen molar-refractivity contribution in [3.8, 4) is 11.4 Å². The Hall–Kier alpha value is -2.02. The monoisotopic (exact) mass is 318 g/mol. The first-order chi connectivity index (χ1) is 11.0. The molecule has 1 saturated carbocycles. The molecule has 124 valence electrons. The number of nitrogens with zero attached hydrogens (tertiary/aromatic N) is 4. The van der Waals surface area contributed by atoms with Crippen LogP contribution in [0.4, 0.5) is 10.3 Å². The number of aryl methyl sites for hydroxylation is 1. The van der Waals surface area contributed by atoms with Gasteiger partial charge in [-0.15, -0.1) is 0 Å². The van der Waals surface area contributed by atoms with Crippen LogP contribution in [0, 0.1) is 12.7 Å². The molecule has 0 radical (unpaired) electrons. The van der Waals surface area contributed by atoms with Crippen molar-refractivity contribution in [1.29, 1.82) is 0 Å². The Balaban J connectivity index is 1.92. The van der Waals surface area contributed by atoms with Crippen molar-refractivity contribution in [3.05, 3.63) is 24.0 Å². The first kappa shape index (κ1) is 15.9. The molecule has 0 amide bonds. The first-order valence-corrected chi connectivity index (χ1v) is 8.04. The smallest absolute Gasteiger partial charge is 0.223 e. The van der Waals surface area contributed by atoms with Gasteiger partial charge in [0.1, 0.15) is 11.5 Å². The van der Waals surface area contributed by atoms with E-state index in [0.29, 0.717) is 11.6 Å². The Morgan fingerprint density at radius 2 is 2.09 bits per heavy atom. The van der Waals surface area contributed by atoms with E-state index in [9.17, 15) is 4.39 Å². The molecule has 3 N–H and O–H groups in total. The van der Waals surface area contributed by atoms with Gasteiger partial charge in [0.2, 0.25) is 5.95 Å². The second kappa shape index (κ2) is 6.23. The van der Waals surface area contributed by atoms with Gasteiger partial charge in [0.05, 0.1) is 18.1 Å². The molecule has 0 spiro atoms. The van der Waals surface area contributed by atoms with Crippen LogP contribution in [-0.2, 0) is 0 Å². The van der Waals surface area contributed by atoms with Crippen LogP contribution in [0.25, 0.3) is 11.4 Å². The lowest BCUT2D eigenvalue weighted by Gasteiger charge is -2.16. The van der Waals surface area contributed by atoms with E-state index >= 15 is 0 Å². The first-order valence-electron chi connectivity index (χ1n) is 8.04. The number of imidazole rings is 1. The molecule has 2 aromatic heterocycles. The van der Waals surface area contributed by atoms with Crippen LogP contribution in [0.3, 0.4) is 0 Å². The molecule has 7 heteroatoms. The van der Waals surface area contributed by atoms with Gasteiger partial charge in [0.25, 0.3) is 0 Å². The SMILES string of the molecule is Cc1ncc(-c2nc(N[C@@H]3CC[C@H](N)C3)ncc2F)n1C(C)C. The predicted octanol–water partition coefficient (Wildman–Crippen LogP) is 2.66. The number of hydrogen-bond donors (Lipinski definition) is 2. The Morgan fingerprint density at radius 1 is 1.30 bits per heavy atom. The van der Waals surface area contributed by atoms with Crippen molar-refractivity contribution in [2.24, 2.45) is 5.73 Å². The number of anilines is 1. The predicted molar refractivity (Wildman–Crippen MR) is 87.6 cm³/mol. The molecule has 6 nitrogen and oxygen atoms in total. The highest BCUT2D eigenvalue weighted by Gasteiger charge is 2.23. The van der Waals surface area contributed by atoms with E-state index in [1.165, 1.54) is 6.20 Å². The average Bonchev–Trinajstić information content (AvgIpc) is 3.07. The van der Waals surface area contributed by atoms with Gasteiger partial charge in [-0.3, -0.25) is 0 Å². The molecule has 1 fully saturated rings. The Kier molecular flexibility index (Phi) is 4.30. The van der Waals surface area contributed by atoms with E-state index in [4.69, 9.17) is 5.73 Å². The number of aromatic nitrogens is 4. The highest BCUT2D eigenvalue weighted by molar-refractivity contribution is 5.57. The minimum atomic E-state index is -0.444. The lowest BCUT2D eigenvalue weighted by molar-refractivity contribution is 0.577. The maximum absolute atomic E-state index is 14.3. The number of rotatable bonds is 4. The molecule has 0 saturated heterocycles. The highest BCUT2D eigenvalue weighted by atomic mass is 19.1. The van der Waals surface area contributed by atoms with Gasteiger partial charge < -0.3 is 15.6 Å². The Bertz CT molecular complexity index is 696. The highest BCUT2D eigenvalue weighted by Crippen LogP contribution is 2.27. The van der Waals surface area contributed by atoms with Gasteiger partial charge in [-0.2, -0.15) is 0 Å². The average molecular weight is 318 g/mol. The molecule has 2 heterocycles. The lowest BCUT2D eigenvalue weighted by atomic mass is 10.2. The van der Waals surface area contributed by atoms with Gasteiger partial charge in [0.15, 0.2) is 5.82 Å². The van der Waals surface area contributed by atoms with Crippen molar-refractivity contribution in [2.75, 3.05) is 5.32 Å². The largest absolute Gasteiger partial charge is 0.351 e. The summed E-state index contributed by atoms with van der Waals surface area (Å²) in [7, 11) is 0. The molecular weight excluding hydrogens is 295 g/mol. The van der Waals surface area contributed by atoms with Crippen molar-refractivity contribution < 1.29 is 4.39 Å². The quantitative estimate of drug-likeness (QED) is 0.905. The molecule has 1 aliphatic carbocycles. The van der Waals surface area contributed by atoms with Crippen LogP contribution >= 0.6 is 0 Å². The minimum absolute atomic E-state index is 0.172. The van der Waals surface area contributed by atoms with Crippen LogP contribution in [-0.4, -0.2) is 31.6 Å². The summed E-state index contributed by atoms with van der Waals surface area (Å²) in [6, 6.07) is 0.642. The summed E-state index contributed by atoms with van der Waals surface area (Å²) in [5, 5.41) is 3.27. The summed E-state index contributed by atoms with van der Waals surface area (Å²) >= 11 is 0. The second-order valence-corrected chi connectivity index (χ2v) is 6.46. The fraction of sp³-hybridized carbons (Fsp3) is 0.562. The van der Waals surface area contributed by atoms with Gasteiger partial charge in [-0.25, -0.2) is 19.3 Å². The zero-order valence-corrected chi connectivity index (χ0v) is 13.8. The molecule has 0 aromatic carbocycles. The van der Waals surface area contributed by atoms with Crippen molar-refractivity contribution >= 4 is 5.95 Å². The zero-order chi connectivity index (χ0) is 16.6. The van der Waals surface area contributed by atoms with E-state index in [1.807, 2.05) is 25.3 Å². The lowest BCUT2D eigenvalue weighted by Crippen LogP contribution is -2.22. The summed E-state index contributed by atoms with van der Waals surface area (Å²) in [5.41, 5.74) is 6.87. The maximum atomic E-state index is 14.3.